The number of rotatable bonds is 3. The van der Waals surface area contributed by atoms with Gasteiger partial charge in [-0.05, 0) is 41.9 Å². The van der Waals surface area contributed by atoms with E-state index < -0.39 is 0 Å². The van der Waals surface area contributed by atoms with Crippen molar-refractivity contribution in [3.8, 4) is 0 Å². The van der Waals surface area contributed by atoms with E-state index in [9.17, 15) is 4.79 Å². The van der Waals surface area contributed by atoms with Crippen molar-refractivity contribution in [2.75, 3.05) is 5.32 Å². The molecule has 0 aromatic heterocycles. The molecule has 3 nitrogen and oxygen atoms in total. The average molecular weight is 260 g/mol. The van der Waals surface area contributed by atoms with Gasteiger partial charge in [0.1, 0.15) is 0 Å². The van der Waals surface area contributed by atoms with Gasteiger partial charge in [-0.15, -0.1) is 0 Å². The lowest BCUT2D eigenvalue weighted by molar-refractivity contribution is -0.116. The maximum Gasteiger partial charge on any atom is 0.224 e. The molecule has 0 spiro atoms. The molecular formula is C16H24N2O. The summed E-state index contributed by atoms with van der Waals surface area (Å²) in [5.41, 5.74) is 9.81. The highest BCUT2D eigenvalue weighted by Gasteiger charge is 2.26. The largest absolute Gasteiger partial charge is 0.326 e. The normalized spacial score (nSPS) is 17.4. The van der Waals surface area contributed by atoms with Crippen molar-refractivity contribution in [1.29, 1.82) is 0 Å². The van der Waals surface area contributed by atoms with Crippen LogP contribution in [0.5, 0.6) is 0 Å². The van der Waals surface area contributed by atoms with Gasteiger partial charge in [-0.25, -0.2) is 0 Å². The Morgan fingerprint density at radius 2 is 2.11 bits per heavy atom. The van der Waals surface area contributed by atoms with Crippen molar-refractivity contribution in [3.63, 3.8) is 0 Å². The van der Waals surface area contributed by atoms with Gasteiger partial charge in [0.05, 0.1) is 0 Å². The van der Waals surface area contributed by atoms with Crippen LogP contribution in [0.25, 0.3) is 0 Å². The number of aryl methyl sites for hydroxylation is 1. The van der Waals surface area contributed by atoms with Crippen molar-refractivity contribution in [2.45, 2.75) is 52.5 Å². The van der Waals surface area contributed by atoms with Gasteiger partial charge in [0.2, 0.25) is 5.91 Å². The Hall–Kier alpha value is -1.35. The summed E-state index contributed by atoms with van der Waals surface area (Å²) in [5, 5.41) is 2.96. The summed E-state index contributed by atoms with van der Waals surface area (Å²) < 4.78 is 0. The van der Waals surface area contributed by atoms with E-state index in [4.69, 9.17) is 5.73 Å². The molecule has 1 atom stereocenters. The summed E-state index contributed by atoms with van der Waals surface area (Å²) in [6.07, 6.45) is 3.51. The van der Waals surface area contributed by atoms with Crippen LogP contribution in [0.15, 0.2) is 18.2 Å². The lowest BCUT2D eigenvalue weighted by atomic mass is 9.78. The zero-order valence-corrected chi connectivity index (χ0v) is 12.1. The number of nitrogens with one attached hydrogen (secondary N) is 1. The summed E-state index contributed by atoms with van der Waals surface area (Å²) in [6, 6.07) is 6.25. The monoisotopic (exact) mass is 260 g/mol. The number of fused-ring (bicyclic) bond motifs is 1. The topological polar surface area (TPSA) is 55.1 Å². The van der Waals surface area contributed by atoms with Crippen LogP contribution in [-0.2, 0) is 11.2 Å². The van der Waals surface area contributed by atoms with Crippen LogP contribution in [0, 0.1) is 5.41 Å². The first-order chi connectivity index (χ1) is 8.94. The number of hydrogen-bond acceptors (Lipinski definition) is 2. The SMILES string of the molecule is CCC(C)(C)C(N)c1ccc2c(c1)CCCC(=O)N2. The lowest BCUT2D eigenvalue weighted by Gasteiger charge is -2.31. The van der Waals surface area contributed by atoms with Crippen LogP contribution in [0.4, 0.5) is 5.69 Å². The zero-order valence-electron chi connectivity index (χ0n) is 12.1. The molecular weight excluding hydrogens is 236 g/mol. The molecule has 3 heteroatoms. The molecule has 0 saturated carbocycles. The fourth-order valence-electron chi connectivity index (χ4n) is 2.46. The summed E-state index contributed by atoms with van der Waals surface area (Å²) >= 11 is 0. The molecule has 1 aromatic rings. The lowest BCUT2D eigenvalue weighted by Crippen LogP contribution is -2.28. The first-order valence-corrected chi connectivity index (χ1v) is 7.12. The quantitative estimate of drug-likeness (QED) is 0.875. The Morgan fingerprint density at radius 1 is 1.37 bits per heavy atom. The van der Waals surface area contributed by atoms with Gasteiger partial charge >= 0.3 is 0 Å². The molecule has 0 saturated heterocycles. The Labute approximate surface area is 115 Å². The number of hydrogen-bond donors (Lipinski definition) is 2. The van der Waals surface area contributed by atoms with Crippen molar-refractivity contribution in [3.05, 3.63) is 29.3 Å². The molecule has 0 bridgehead atoms. The van der Waals surface area contributed by atoms with Crippen LogP contribution in [0.1, 0.15) is 57.2 Å². The minimum absolute atomic E-state index is 0.0294. The minimum atomic E-state index is 0.0294. The molecule has 2 rings (SSSR count). The Morgan fingerprint density at radius 3 is 2.79 bits per heavy atom. The van der Waals surface area contributed by atoms with Crippen molar-refractivity contribution in [2.24, 2.45) is 11.1 Å². The standard InChI is InChI=1S/C16H24N2O/c1-4-16(2,3)15(17)12-8-9-13-11(10-12)6-5-7-14(19)18-13/h8-10,15H,4-7,17H2,1-3H3,(H,18,19). The van der Waals surface area contributed by atoms with Gasteiger partial charge in [0, 0.05) is 18.2 Å². The molecule has 104 valence electrons. The van der Waals surface area contributed by atoms with E-state index in [0.29, 0.717) is 6.42 Å². The van der Waals surface area contributed by atoms with Crippen LogP contribution in [0.3, 0.4) is 0 Å². The van der Waals surface area contributed by atoms with Gasteiger partial charge < -0.3 is 11.1 Å². The number of anilines is 1. The number of carbonyl (C=O) groups is 1. The number of carbonyl (C=O) groups excluding carboxylic acids is 1. The summed E-state index contributed by atoms with van der Waals surface area (Å²) in [5.74, 6) is 0.115. The van der Waals surface area contributed by atoms with E-state index in [1.807, 2.05) is 12.1 Å². The van der Waals surface area contributed by atoms with Crippen LogP contribution in [-0.4, -0.2) is 5.91 Å². The second-order valence-electron chi connectivity index (χ2n) is 6.14. The highest BCUT2D eigenvalue weighted by atomic mass is 16.1. The smallest absolute Gasteiger partial charge is 0.224 e. The molecule has 1 aliphatic rings. The van der Waals surface area contributed by atoms with E-state index in [2.05, 4.69) is 32.2 Å². The fourth-order valence-corrected chi connectivity index (χ4v) is 2.46. The van der Waals surface area contributed by atoms with Gasteiger partial charge in [-0.3, -0.25) is 4.79 Å². The van der Waals surface area contributed by atoms with E-state index in [-0.39, 0.29) is 17.4 Å². The highest BCUT2D eigenvalue weighted by Crippen LogP contribution is 2.36. The highest BCUT2D eigenvalue weighted by molar-refractivity contribution is 5.92. The summed E-state index contributed by atoms with van der Waals surface area (Å²) in [6.45, 7) is 6.57. The van der Waals surface area contributed by atoms with Crippen molar-refractivity contribution < 1.29 is 4.79 Å². The Kier molecular flexibility index (Phi) is 3.95. The molecule has 1 aromatic carbocycles. The molecule has 0 fully saturated rings. The maximum atomic E-state index is 11.5. The van der Waals surface area contributed by atoms with Crippen LogP contribution < -0.4 is 11.1 Å². The van der Waals surface area contributed by atoms with Gasteiger partial charge in [0.15, 0.2) is 0 Å². The average Bonchev–Trinajstić information content (AvgIpc) is 2.57. The number of nitrogens with two attached hydrogens (primary N) is 1. The second kappa shape index (κ2) is 5.33. The fraction of sp³-hybridized carbons (Fsp3) is 0.562. The van der Waals surface area contributed by atoms with E-state index in [0.717, 1.165) is 24.9 Å². The minimum Gasteiger partial charge on any atom is -0.326 e. The predicted octanol–water partition coefficient (Wildman–Crippen LogP) is 3.40. The number of benzene rings is 1. The molecule has 1 aliphatic heterocycles. The predicted molar refractivity (Wildman–Crippen MR) is 79.0 cm³/mol. The molecule has 0 aliphatic carbocycles. The van der Waals surface area contributed by atoms with E-state index in [1.165, 1.54) is 11.1 Å². The third-order valence-corrected chi connectivity index (χ3v) is 4.37. The van der Waals surface area contributed by atoms with Gasteiger partial charge in [-0.2, -0.15) is 0 Å². The van der Waals surface area contributed by atoms with Crippen LogP contribution in [0.2, 0.25) is 0 Å². The number of amides is 1. The summed E-state index contributed by atoms with van der Waals surface area (Å²) in [4.78, 5) is 11.5. The second-order valence-corrected chi connectivity index (χ2v) is 6.14. The molecule has 1 amide bonds. The summed E-state index contributed by atoms with van der Waals surface area (Å²) in [7, 11) is 0. The van der Waals surface area contributed by atoms with Gasteiger partial charge in [0.25, 0.3) is 0 Å². The molecule has 3 N–H and O–H groups in total. The molecule has 19 heavy (non-hydrogen) atoms. The van der Waals surface area contributed by atoms with Crippen molar-refractivity contribution >= 4 is 11.6 Å². The van der Waals surface area contributed by atoms with Gasteiger partial charge in [-0.1, -0.05) is 32.9 Å². The van der Waals surface area contributed by atoms with Crippen molar-refractivity contribution in [1.82, 2.24) is 0 Å². The first-order valence-electron chi connectivity index (χ1n) is 7.12. The van der Waals surface area contributed by atoms with E-state index >= 15 is 0 Å². The molecule has 1 heterocycles. The molecule has 1 unspecified atom stereocenters. The van der Waals surface area contributed by atoms with Crippen LogP contribution >= 0.6 is 0 Å². The maximum absolute atomic E-state index is 11.5. The first kappa shape index (κ1) is 14.1. The Bertz CT molecular complexity index is 480. The zero-order chi connectivity index (χ0) is 14.0. The Balaban J connectivity index is 2.31. The van der Waals surface area contributed by atoms with E-state index in [1.54, 1.807) is 0 Å². The molecule has 0 radical (unpaired) electrons. The third kappa shape index (κ3) is 2.98. The third-order valence-electron chi connectivity index (χ3n) is 4.37.